The molecule has 0 saturated carbocycles. The zero-order valence-electron chi connectivity index (χ0n) is 9.03. The van der Waals surface area contributed by atoms with Gasteiger partial charge in [-0.2, -0.15) is 0 Å². The highest BCUT2D eigenvalue weighted by atomic mass is 35.5. The van der Waals surface area contributed by atoms with Crippen LogP contribution in [0.3, 0.4) is 0 Å². The van der Waals surface area contributed by atoms with Crippen LogP contribution in [-0.2, 0) is 4.79 Å². The van der Waals surface area contributed by atoms with Crippen LogP contribution in [0.2, 0.25) is 5.02 Å². The van der Waals surface area contributed by atoms with E-state index in [-0.39, 0.29) is 5.92 Å². The number of nitrogens with one attached hydrogen (secondary N) is 1. The topological polar surface area (TPSA) is 49.3 Å². The highest BCUT2D eigenvalue weighted by Crippen LogP contribution is 2.31. The Labute approximate surface area is 99.4 Å². The van der Waals surface area contributed by atoms with Crippen molar-refractivity contribution in [3.8, 4) is 0 Å². The van der Waals surface area contributed by atoms with Gasteiger partial charge in [-0.25, -0.2) is 0 Å². The van der Waals surface area contributed by atoms with Crippen LogP contribution in [0.15, 0.2) is 18.2 Å². The van der Waals surface area contributed by atoms with E-state index >= 15 is 0 Å². The minimum atomic E-state index is -0.781. The number of carboxylic acid groups (broad SMARTS) is 1. The van der Waals surface area contributed by atoms with Crippen LogP contribution in [0.1, 0.15) is 23.5 Å². The summed E-state index contributed by atoms with van der Waals surface area (Å²) in [5.41, 5.74) is 2.15. The van der Waals surface area contributed by atoms with Gasteiger partial charge in [-0.3, -0.25) is 4.79 Å². The maximum atomic E-state index is 11.1. The number of carboxylic acids is 1. The van der Waals surface area contributed by atoms with Crippen molar-refractivity contribution in [2.45, 2.75) is 25.3 Å². The molecule has 1 aliphatic rings. The summed E-state index contributed by atoms with van der Waals surface area (Å²) in [7, 11) is 0. The summed E-state index contributed by atoms with van der Waals surface area (Å²) >= 11 is 5.89. The molecule has 1 saturated heterocycles. The number of carbonyl (C=O) groups is 1. The van der Waals surface area contributed by atoms with Gasteiger partial charge in [0.1, 0.15) is 6.04 Å². The third-order valence-corrected chi connectivity index (χ3v) is 3.35. The first-order valence-corrected chi connectivity index (χ1v) is 5.69. The zero-order valence-corrected chi connectivity index (χ0v) is 9.79. The summed E-state index contributed by atoms with van der Waals surface area (Å²) < 4.78 is 0. The van der Waals surface area contributed by atoms with Crippen molar-refractivity contribution < 1.29 is 9.90 Å². The Kier molecular flexibility index (Phi) is 3.17. The molecule has 2 N–H and O–H groups in total. The summed E-state index contributed by atoms with van der Waals surface area (Å²) in [4.78, 5) is 11.1. The number of aliphatic carboxylic acids is 1. The maximum absolute atomic E-state index is 11.1. The van der Waals surface area contributed by atoms with Crippen LogP contribution in [0, 0.1) is 6.92 Å². The summed E-state index contributed by atoms with van der Waals surface area (Å²) in [5, 5.41) is 12.8. The van der Waals surface area contributed by atoms with E-state index in [4.69, 9.17) is 16.7 Å². The number of hydrogen-bond donors (Lipinski definition) is 2. The molecule has 1 aromatic rings. The van der Waals surface area contributed by atoms with Crippen molar-refractivity contribution in [1.29, 1.82) is 0 Å². The lowest BCUT2D eigenvalue weighted by Crippen LogP contribution is -2.34. The first-order valence-electron chi connectivity index (χ1n) is 5.32. The largest absolute Gasteiger partial charge is 0.480 e. The molecule has 1 aromatic carbocycles. The SMILES string of the molecule is Cc1cc(Cl)ccc1C1CCNC1C(=O)O. The molecule has 3 nitrogen and oxygen atoms in total. The van der Waals surface area contributed by atoms with Crippen molar-refractivity contribution >= 4 is 17.6 Å². The lowest BCUT2D eigenvalue weighted by atomic mass is 9.89. The normalized spacial score (nSPS) is 24.6. The summed E-state index contributed by atoms with van der Waals surface area (Å²) in [6.07, 6.45) is 0.861. The third-order valence-electron chi connectivity index (χ3n) is 3.12. The van der Waals surface area contributed by atoms with E-state index in [9.17, 15) is 4.79 Å². The molecule has 1 aliphatic heterocycles. The zero-order chi connectivity index (χ0) is 11.7. The molecule has 1 fully saturated rings. The number of aryl methyl sites for hydroxylation is 1. The molecule has 0 amide bonds. The fourth-order valence-electron chi connectivity index (χ4n) is 2.35. The number of hydrogen-bond acceptors (Lipinski definition) is 2. The Morgan fingerprint density at radius 2 is 2.31 bits per heavy atom. The van der Waals surface area contributed by atoms with Gasteiger partial charge in [-0.15, -0.1) is 0 Å². The van der Waals surface area contributed by atoms with Crippen molar-refractivity contribution in [2.75, 3.05) is 6.54 Å². The molecule has 2 atom stereocenters. The first-order chi connectivity index (χ1) is 7.59. The van der Waals surface area contributed by atoms with E-state index in [0.717, 1.165) is 24.1 Å². The monoisotopic (exact) mass is 239 g/mol. The van der Waals surface area contributed by atoms with Gasteiger partial charge in [0.05, 0.1) is 0 Å². The molecular formula is C12H14ClNO2. The van der Waals surface area contributed by atoms with Crippen LogP contribution in [0.25, 0.3) is 0 Å². The van der Waals surface area contributed by atoms with Gasteiger partial charge in [0, 0.05) is 10.9 Å². The molecule has 4 heteroatoms. The lowest BCUT2D eigenvalue weighted by Gasteiger charge is -2.18. The Bertz CT molecular complexity index is 419. The highest BCUT2D eigenvalue weighted by Gasteiger charge is 2.34. The van der Waals surface area contributed by atoms with Crippen LogP contribution in [-0.4, -0.2) is 23.7 Å². The highest BCUT2D eigenvalue weighted by molar-refractivity contribution is 6.30. The van der Waals surface area contributed by atoms with Gasteiger partial charge in [0.25, 0.3) is 0 Å². The van der Waals surface area contributed by atoms with Gasteiger partial charge in [0.2, 0.25) is 0 Å². The summed E-state index contributed by atoms with van der Waals surface area (Å²) in [6, 6.07) is 5.17. The van der Waals surface area contributed by atoms with Gasteiger partial charge >= 0.3 is 5.97 Å². The average molecular weight is 240 g/mol. The van der Waals surface area contributed by atoms with E-state index in [1.54, 1.807) is 0 Å². The second-order valence-electron chi connectivity index (χ2n) is 4.17. The molecule has 0 aromatic heterocycles. The van der Waals surface area contributed by atoms with Gasteiger partial charge in [-0.05, 0) is 43.1 Å². The molecule has 2 rings (SSSR count). The fourth-order valence-corrected chi connectivity index (χ4v) is 2.58. The Morgan fingerprint density at radius 1 is 1.56 bits per heavy atom. The Balaban J connectivity index is 2.32. The smallest absolute Gasteiger partial charge is 0.321 e. The number of halogens is 1. The second-order valence-corrected chi connectivity index (χ2v) is 4.60. The first kappa shape index (κ1) is 11.4. The summed E-state index contributed by atoms with van der Waals surface area (Å²) in [6.45, 7) is 2.72. The van der Waals surface area contributed by atoms with Crippen LogP contribution in [0.5, 0.6) is 0 Å². The van der Waals surface area contributed by atoms with E-state index in [0.29, 0.717) is 5.02 Å². The molecule has 2 unspecified atom stereocenters. The maximum Gasteiger partial charge on any atom is 0.321 e. The van der Waals surface area contributed by atoms with E-state index in [1.807, 2.05) is 25.1 Å². The molecular weight excluding hydrogens is 226 g/mol. The molecule has 0 aliphatic carbocycles. The van der Waals surface area contributed by atoms with E-state index < -0.39 is 12.0 Å². The van der Waals surface area contributed by atoms with Crippen LogP contribution < -0.4 is 5.32 Å². The van der Waals surface area contributed by atoms with Crippen LogP contribution in [0.4, 0.5) is 0 Å². The second kappa shape index (κ2) is 4.44. The average Bonchev–Trinajstić information content (AvgIpc) is 2.66. The molecule has 0 radical (unpaired) electrons. The molecule has 86 valence electrons. The van der Waals surface area contributed by atoms with Gasteiger partial charge in [0.15, 0.2) is 0 Å². The predicted octanol–water partition coefficient (Wildman–Crippen LogP) is 2.18. The van der Waals surface area contributed by atoms with Crippen molar-refractivity contribution in [2.24, 2.45) is 0 Å². The van der Waals surface area contributed by atoms with Gasteiger partial charge in [-0.1, -0.05) is 17.7 Å². The lowest BCUT2D eigenvalue weighted by molar-refractivity contribution is -0.139. The minimum Gasteiger partial charge on any atom is -0.480 e. The quantitative estimate of drug-likeness (QED) is 0.832. The van der Waals surface area contributed by atoms with Gasteiger partial charge < -0.3 is 10.4 Å². The predicted molar refractivity (Wildman–Crippen MR) is 63.0 cm³/mol. The summed E-state index contributed by atoms with van der Waals surface area (Å²) in [5.74, 6) is -0.730. The van der Waals surface area contributed by atoms with Crippen molar-refractivity contribution in [3.05, 3.63) is 34.3 Å². The number of benzene rings is 1. The molecule has 1 heterocycles. The Hall–Kier alpha value is -1.06. The minimum absolute atomic E-state index is 0.0507. The van der Waals surface area contributed by atoms with Crippen LogP contribution >= 0.6 is 11.6 Å². The molecule has 0 spiro atoms. The molecule has 0 bridgehead atoms. The van der Waals surface area contributed by atoms with Crippen molar-refractivity contribution in [1.82, 2.24) is 5.32 Å². The standard InChI is InChI=1S/C12H14ClNO2/c1-7-6-8(13)2-3-9(7)10-4-5-14-11(10)12(15)16/h2-3,6,10-11,14H,4-5H2,1H3,(H,15,16). The fraction of sp³-hybridized carbons (Fsp3) is 0.417. The van der Waals surface area contributed by atoms with E-state index in [1.165, 1.54) is 0 Å². The third kappa shape index (κ3) is 2.06. The van der Waals surface area contributed by atoms with Crippen molar-refractivity contribution in [3.63, 3.8) is 0 Å². The number of rotatable bonds is 2. The Morgan fingerprint density at radius 3 is 2.94 bits per heavy atom. The molecule has 16 heavy (non-hydrogen) atoms. The van der Waals surface area contributed by atoms with E-state index in [2.05, 4.69) is 5.32 Å².